The van der Waals surface area contributed by atoms with Crippen molar-refractivity contribution in [1.29, 1.82) is 0 Å². The van der Waals surface area contributed by atoms with Gasteiger partial charge in [-0.3, -0.25) is 4.79 Å². The quantitative estimate of drug-likeness (QED) is 0.758. The van der Waals surface area contributed by atoms with E-state index in [-0.39, 0.29) is 5.56 Å². The van der Waals surface area contributed by atoms with E-state index in [2.05, 4.69) is 0 Å². The predicted octanol–water partition coefficient (Wildman–Crippen LogP) is 2.11. The molecule has 94 valence electrons. The van der Waals surface area contributed by atoms with Crippen molar-refractivity contribution in [2.45, 2.75) is 25.8 Å². The molecule has 6 heteroatoms. The van der Waals surface area contributed by atoms with E-state index in [4.69, 9.17) is 10.8 Å². The zero-order valence-corrected chi connectivity index (χ0v) is 9.15. The number of alkyl halides is 2. The number of phenolic OH excluding ortho intramolecular Hbond substituents is 1. The summed E-state index contributed by atoms with van der Waals surface area (Å²) in [5.74, 6) is -1.78. The molecule has 0 saturated heterocycles. The second kappa shape index (κ2) is 5.09. The molecule has 1 unspecified atom stereocenters. The van der Waals surface area contributed by atoms with Gasteiger partial charge >= 0.3 is 5.97 Å². The largest absolute Gasteiger partial charge is 0.507 e. The molecule has 0 heterocycles. The third-order valence-electron chi connectivity index (χ3n) is 2.34. The maximum Gasteiger partial charge on any atom is 0.305 e. The third kappa shape index (κ3) is 3.13. The molecule has 0 aromatic heterocycles. The van der Waals surface area contributed by atoms with Crippen LogP contribution in [-0.2, 0) is 4.79 Å². The molecule has 0 aliphatic heterocycles. The fourth-order valence-electron chi connectivity index (χ4n) is 1.58. The number of halogens is 2. The summed E-state index contributed by atoms with van der Waals surface area (Å²) in [4.78, 5) is 10.5. The first kappa shape index (κ1) is 13.4. The van der Waals surface area contributed by atoms with Gasteiger partial charge in [-0.15, -0.1) is 0 Å². The van der Waals surface area contributed by atoms with E-state index in [1.807, 2.05) is 0 Å². The van der Waals surface area contributed by atoms with Crippen LogP contribution in [0.15, 0.2) is 12.1 Å². The zero-order chi connectivity index (χ0) is 13.2. The van der Waals surface area contributed by atoms with Crippen LogP contribution in [0.1, 0.15) is 35.6 Å². The summed E-state index contributed by atoms with van der Waals surface area (Å²) < 4.78 is 25.2. The SMILES string of the molecule is Cc1cc(C(F)F)c(O)c(C(N)CC(=O)O)c1. The van der Waals surface area contributed by atoms with Gasteiger partial charge < -0.3 is 15.9 Å². The third-order valence-corrected chi connectivity index (χ3v) is 2.34. The zero-order valence-electron chi connectivity index (χ0n) is 9.15. The minimum Gasteiger partial charge on any atom is -0.507 e. The first-order valence-corrected chi connectivity index (χ1v) is 4.91. The van der Waals surface area contributed by atoms with Gasteiger partial charge in [-0.1, -0.05) is 11.6 Å². The van der Waals surface area contributed by atoms with E-state index in [9.17, 15) is 18.7 Å². The lowest BCUT2D eigenvalue weighted by molar-refractivity contribution is -0.137. The van der Waals surface area contributed by atoms with Crippen LogP contribution in [0.3, 0.4) is 0 Å². The lowest BCUT2D eigenvalue weighted by Gasteiger charge is -2.15. The van der Waals surface area contributed by atoms with Crippen molar-refractivity contribution in [2.24, 2.45) is 5.73 Å². The summed E-state index contributed by atoms with van der Waals surface area (Å²) >= 11 is 0. The summed E-state index contributed by atoms with van der Waals surface area (Å²) in [6.07, 6.45) is -3.26. The number of carbonyl (C=O) groups is 1. The van der Waals surface area contributed by atoms with Gasteiger partial charge in [0.1, 0.15) is 5.75 Å². The van der Waals surface area contributed by atoms with Gasteiger partial charge in [0.2, 0.25) is 0 Å². The van der Waals surface area contributed by atoms with Gasteiger partial charge in [0.15, 0.2) is 0 Å². The Kier molecular flexibility index (Phi) is 4.01. The summed E-state index contributed by atoms with van der Waals surface area (Å²) in [6, 6.07) is 1.55. The fraction of sp³-hybridized carbons (Fsp3) is 0.364. The Labute approximate surface area is 96.7 Å². The number of aryl methyl sites for hydroxylation is 1. The number of carboxylic acid groups (broad SMARTS) is 1. The van der Waals surface area contributed by atoms with E-state index in [1.54, 1.807) is 6.92 Å². The lowest BCUT2D eigenvalue weighted by atomic mass is 9.98. The molecule has 0 fully saturated rings. The number of benzene rings is 1. The number of aromatic hydroxyl groups is 1. The molecule has 4 nitrogen and oxygen atoms in total. The number of hydrogen-bond donors (Lipinski definition) is 3. The van der Waals surface area contributed by atoms with Gasteiger partial charge in [-0.05, 0) is 13.0 Å². The smallest absolute Gasteiger partial charge is 0.305 e. The summed E-state index contributed by atoms with van der Waals surface area (Å²) in [5, 5.41) is 18.2. The number of aliphatic carboxylic acids is 1. The second-order valence-corrected chi connectivity index (χ2v) is 3.80. The molecule has 4 N–H and O–H groups in total. The van der Waals surface area contributed by atoms with Crippen LogP contribution in [0.5, 0.6) is 5.75 Å². The molecule has 1 aromatic rings. The number of hydrogen-bond acceptors (Lipinski definition) is 3. The monoisotopic (exact) mass is 245 g/mol. The van der Waals surface area contributed by atoms with Gasteiger partial charge in [0, 0.05) is 11.6 Å². The number of phenols is 1. The molecule has 0 radical (unpaired) electrons. The van der Waals surface area contributed by atoms with Crippen molar-refractivity contribution in [3.05, 3.63) is 28.8 Å². The van der Waals surface area contributed by atoms with Crippen LogP contribution < -0.4 is 5.73 Å². The van der Waals surface area contributed by atoms with Gasteiger partial charge in [-0.2, -0.15) is 0 Å². The van der Waals surface area contributed by atoms with Crippen LogP contribution in [-0.4, -0.2) is 16.2 Å². The Morgan fingerprint density at radius 3 is 2.41 bits per heavy atom. The summed E-state index contributed by atoms with van der Waals surface area (Å²) in [7, 11) is 0. The van der Waals surface area contributed by atoms with Crippen LogP contribution >= 0.6 is 0 Å². The Balaban J connectivity index is 3.19. The average Bonchev–Trinajstić information content (AvgIpc) is 2.19. The first-order valence-electron chi connectivity index (χ1n) is 4.91. The molecular weight excluding hydrogens is 232 g/mol. The average molecular weight is 245 g/mol. The Morgan fingerprint density at radius 1 is 1.41 bits per heavy atom. The highest BCUT2D eigenvalue weighted by atomic mass is 19.3. The minimum atomic E-state index is -2.83. The highest BCUT2D eigenvalue weighted by Crippen LogP contribution is 2.35. The highest BCUT2D eigenvalue weighted by Gasteiger charge is 2.21. The van der Waals surface area contributed by atoms with Crippen molar-refractivity contribution >= 4 is 5.97 Å². The molecule has 0 aliphatic carbocycles. The number of rotatable bonds is 4. The highest BCUT2D eigenvalue weighted by molar-refractivity contribution is 5.68. The first-order chi connectivity index (χ1) is 7.82. The standard InChI is InChI=1S/C11H13F2NO3/c1-5-2-6(8(14)4-9(15)16)10(17)7(3-5)11(12)13/h2-3,8,11,17H,4,14H2,1H3,(H,15,16). The van der Waals surface area contributed by atoms with E-state index >= 15 is 0 Å². The van der Waals surface area contributed by atoms with Crippen LogP contribution in [0.2, 0.25) is 0 Å². The van der Waals surface area contributed by atoms with Crippen LogP contribution in [0.4, 0.5) is 8.78 Å². The van der Waals surface area contributed by atoms with Gasteiger partial charge in [-0.25, -0.2) is 8.78 Å². The maximum absolute atomic E-state index is 12.6. The van der Waals surface area contributed by atoms with Gasteiger partial charge in [0.25, 0.3) is 6.43 Å². The molecule has 1 rings (SSSR count). The van der Waals surface area contributed by atoms with E-state index in [0.717, 1.165) is 6.07 Å². The van der Waals surface area contributed by atoms with Crippen LogP contribution in [0.25, 0.3) is 0 Å². The number of carboxylic acids is 1. The summed E-state index contributed by atoms with van der Waals surface area (Å²) in [6.45, 7) is 1.57. The van der Waals surface area contributed by atoms with E-state index in [0.29, 0.717) is 5.56 Å². The Hall–Kier alpha value is -1.69. The molecule has 1 atom stereocenters. The van der Waals surface area contributed by atoms with Crippen molar-refractivity contribution < 1.29 is 23.8 Å². The molecule has 0 amide bonds. The maximum atomic E-state index is 12.6. The van der Waals surface area contributed by atoms with Crippen molar-refractivity contribution in [2.75, 3.05) is 0 Å². The van der Waals surface area contributed by atoms with Crippen LogP contribution in [0, 0.1) is 6.92 Å². The molecule has 0 bridgehead atoms. The predicted molar refractivity (Wildman–Crippen MR) is 57.0 cm³/mol. The molecular formula is C11H13F2NO3. The molecule has 0 saturated carbocycles. The minimum absolute atomic E-state index is 0.0303. The molecule has 17 heavy (non-hydrogen) atoms. The Morgan fingerprint density at radius 2 is 1.94 bits per heavy atom. The molecule has 0 spiro atoms. The van der Waals surface area contributed by atoms with Crippen molar-refractivity contribution in [3.8, 4) is 5.75 Å². The fourth-order valence-corrected chi connectivity index (χ4v) is 1.58. The second-order valence-electron chi connectivity index (χ2n) is 3.80. The lowest BCUT2D eigenvalue weighted by Crippen LogP contribution is -2.15. The number of nitrogens with two attached hydrogens (primary N) is 1. The topological polar surface area (TPSA) is 83.5 Å². The normalized spacial score (nSPS) is 12.8. The molecule has 0 aliphatic rings. The van der Waals surface area contributed by atoms with E-state index in [1.165, 1.54) is 6.07 Å². The molecule has 1 aromatic carbocycles. The Bertz CT molecular complexity index is 435. The van der Waals surface area contributed by atoms with Crippen molar-refractivity contribution in [3.63, 3.8) is 0 Å². The van der Waals surface area contributed by atoms with Gasteiger partial charge in [0.05, 0.1) is 12.0 Å². The summed E-state index contributed by atoms with van der Waals surface area (Å²) in [5.41, 5.74) is 5.55. The van der Waals surface area contributed by atoms with E-state index < -0.39 is 36.2 Å². The van der Waals surface area contributed by atoms with Crippen molar-refractivity contribution in [1.82, 2.24) is 0 Å².